The molecular formula is C12H18N2O3. The van der Waals surface area contributed by atoms with E-state index in [-0.39, 0.29) is 12.5 Å². The van der Waals surface area contributed by atoms with Gasteiger partial charge in [-0.25, -0.2) is 0 Å². The average molecular weight is 238 g/mol. The molecule has 0 saturated heterocycles. The molecule has 1 rings (SSSR count). The van der Waals surface area contributed by atoms with Crippen LogP contribution in [-0.4, -0.2) is 30.3 Å². The molecule has 0 bridgehead atoms. The fourth-order valence-corrected chi connectivity index (χ4v) is 1.35. The summed E-state index contributed by atoms with van der Waals surface area (Å²) >= 11 is 0. The summed E-state index contributed by atoms with van der Waals surface area (Å²) in [7, 11) is 0. The number of benzene rings is 1. The van der Waals surface area contributed by atoms with Crippen molar-refractivity contribution in [2.45, 2.75) is 20.0 Å². The second-order valence-electron chi connectivity index (χ2n) is 3.78. The number of amides is 1. The largest absolute Gasteiger partial charge is 0.494 e. The van der Waals surface area contributed by atoms with Gasteiger partial charge < -0.3 is 20.9 Å². The van der Waals surface area contributed by atoms with E-state index in [0.717, 1.165) is 0 Å². The minimum atomic E-state index is -0.577. The van der Waals surface area contributed by atoms with Crippen LogP contribution in [0.1, 0.15) is 24.2 Å². The van der Waals surface area contributed by atoms with Gasteiger partial charge in [0, 0.05) is 23.9 Å². The molecule has 0 aliphatic heterocycles. The Hall–Kier alpha value is -1.75. The van der Waals surface area contributed by atoms with Crippen LogP contribution in [0.2, 0.25) is 0 Å². The summed E-state index contributed by atoms with van der Waals surface area (Å²) in [4.78, 5) is 11.7. The number of nitrogens with two attached hydrogens (primary N) is 1. The van der Waals surface area contributed by atoms with Gasteiger partial charge in [0.05, 0.1) is 12.7 Å². The summed E-state index contributed by atoms with van der Waals surface area (Å²) in [5.41, 5.74) is 6.57. The zero-order chi connectivity index (χ0) is 12.8. The molecule has 0 saturated carbocycles. The third-order valence-electron chi connectivity index (χ3n) is 2.06. The fraction of sp³-hybridized carbons (Fsp3) is 0.417. The van der Waals surface area contributed by atoms with Gasteiger partial charge in [0.25, 0.3) is 5.91 Å². The van der Waals surface area contributed by atoms with Gasteiger partial charge in [0.2, 0.25) is 0 Å². The van der Waals surface area contributed by atoms with Crippen molar-refractivity contribution in [2.75, 3.05) is 18.9 Å². The third-order valence-corrected chi connectivity index (χ3v) is 2.06. The molecule has 0 fully saturated rings. The van der Waals surface area contributed by atoms with Crippen LogP contribution in [0.5, 0.6) is 5.75 Å². The van der Waals surface area contributed by atoms with E-state index >= 15 is 0 Å². The number of hydrogen-bond acceptors (Lipinski definition) is 4. The Morgan fingerprint density at radius 1 is 1.53 bits per heavy atom. The molecule has 1 aromatic rings. The molecule has 5 heteroatoms. The zero-order valence-electron chi connectivity index (χ0n) is 10.1. The van der Waals surface area contributed by atoms with E-state index in [9.17, 15) is 4.79 Å². The van der Waals surface area contributed by atoms with Gasteiger partial charge in [-0.3, -0.25) is 4.79 Å². The van der Waals surface area contributed by atoms with E-state index in [1.54, 1.807) is 25.1 Å². The minimum Gasteiger partial charge on any atom is -0.494 e. The van der Waals surface area contributed by atoms with Crippen LogP contribution < -0.4 is 15.8 Å². The number of aliphatic hydroxyl groups is 1. The quantitative estimate of drug-likeness (QED) is 0.662. The molecule has 1 aromatic carbocycles. The summed E-state index contributed by atoms with van der Waals surface area (Å²) in [6, 6.07) is 4.85. The molecule has 0 aromatic heterocycles. The van der Waals surface area contributed by atoms with E-state index in [1.165, 1.54) is 0 Å². The van der Waals surface area contributed by atoms with Crippen molar-refractivity contribution in [3.63, 3.8) is 0 Å². The number of carbonyl (C=O) groups excluding carboxylic acids is 1. The minimum absolute atomic E-state index is 0.206. The lowest BCUT2D eigenvalue weighted by molar-refractivity contribution is 0.0923. The maximum atomic E-state index is 11.7. The van der Waals surface area contributed by atoms with Gasteiger partial charge in [0.1, 0.15) is 5.75 Å². The molecular weight excluding hydrogens is 220 g/mol. The first-order chi connectivity index (χ1) is 8.02. The van der Waals surface area contributed by atoms with Crippen LogP contribution in [0.25, 0.3) is 0 Å². The Bertz CT molecular complexity index is 391. The van der Waals surface area contributed by atoms with Crippen LogP contribution in [0.3, 0.4) is 0 Å². The first-order valence-electron chi connectivity index (χ1n) is 5.52. The molecule has 0 aliphatic rings. The molecule has 0 heterocycles. The number of carbonyl (C=O) groups is 1. The van der Waals surface area contributed by atoms with E-state index in [2.05, 4.69) is 5.32 Å². The lowest BCUT2D eigenvalue weighted by Crippen LogP contribution is -2.30. The van der Waals surface area contributed by atoms with Gasteiger partial charge >= 0.3 is 0 Å². The lowest BCUT2D eigenvalue weighted by atomic mass is 10.1. The van der Waals surface area contributed by atoms with E-state index in [1.807, 2.05) is 6.92 Å². The van der Waals surface area contributed by atoms with E-state index < -0.39 is 6.10 Å². The highest BCUT2D eigenvalue weighted by molar-refractivity contribution is 5.95. The van der Waals surface area contributed by atoms with Gasteiger partial charge in [-0.15, -0.1) is 0 Å². The third kappa shape index (κ3) is 4.32. The molecule has 0 radical (unpaired) electrons. The van der Waals surface area contributed by atoms with Crippen molar-refractivity contribution in [1.82, 2.24) is 5.32 Å². The molecule has 1 amide bonds. The number of anilines is 1. The second-order valence-corrected chi connectivity index (χ2v) is 3.78. The van der Waals surface area contributed by atoms with Crippen LogP contribution in [0, 0.1) is 0 Å². The molecule has 4 N–H and O–H groups in total. The standard InChI is InChI=1S/C12H18N2O3/c1-3-17-11-5-9(4-10(13)6-11)12(16)14-7-8(2)15/h4-6,8,15H,3,7,13H2,1-2H3,(H,14,16)/t8-/m1/s1. The SMILES string of the molecule is CCOc1cc(N)cc(C(=O)NC[C@@H](C)O)c1. The summed E-state index contributed by atoms with van der Waals surface area (Å²) < 4.78 is 5.29. The predicted molar refractivity (Wildman–Crippen MR) is 66.0 cm³/mol. The van der Waals surface area contributed by atoms with Gasteiger partial charge in [-0.2, -0.15) is 0 Å². The van der Waals surface area contributed by atoms with Gasteiger partial charge in [-0.1, -0.05) is 0 Å². The Labute approximate surface area is 101 Å². The Morgan fingerprint density at radius 2 is 2.24 bits per heavy atom. The maximum absolute atomic E-state index is 11.7. The van der Waals surface area contributed by atoms with E-state index in [0.29, 0.717) is 23.6 Å². The van der Waals surface area contributed by atoms with Crippen molar-refractivity contribution < 1.29 is 14.6 Å². The summed E-state index contributed by atoms with van der Waals surface area (Å²) in [5.74, 6) is 0.286. The van der Waals surface area contributed by atoms with Crippen LogP contribution >= 0.6 is 0 Å². The Kier molecular flexibility index (Phi) is 4.78. The summed E-state index contributed by atoms with van der Waals surface area (Å²) in [6.45, 7) is 4.18. The monoisotopic (exact) mass is 238 g/mol. The van der Waals surface area contributed by atoms with Crippen molar-refractivity contribution in [1.29, 1.82) is 0 Å². The highest BCUT2D eigenvalue weighted by Gasteiger charge is 2.09. The van der Waals surface area contributed by atoms with E-state index in [4.69, 9.17) is 15.6 Å². The van der Waals surface area contributed by atoms with Crippen molar-refractivity contribution in [3.05, 3.63) is 23.8 Å². The first-order valence-corrected chi connectivity index (χ1v) is 5.52. The molecule has 0 spiro atoms. The smallest absolute Gasteiger partial charge is 0.251 e. The fourth-order valence-electron chi connectivity index (χ4n) is 1.35. The molecule has 17 heavy (non-hydrogen) atoms. The first kappa shape index (κ1) is 13.3. The Morgan fingerprint density at radius 3 is 2.82 bits per heavy atom. The molecule has 94 valence electrons. The second kappa shape index (κ2) is 6.10. The van der Waals surface area contributed by atoms with Crippen LogP contribution in [0.15, 0.2) is 18.2 Å². The zero-order valence-corrected chi connectivity index (χ0v) is 10.1. The molecule has 0 unspecified atom stereocenters. The molecule has 0 aliphatic carbocycles. The van der Waals surface area contributed by atoms with Crippen LogP contribution in [-0.2, 0) is 0 Å². The number of ether oxygens (including phenoxy) is 1. The predicted octanol–water partition coefficient (Wildman–Crippen LogP) is 0.778. The van der Waals surface area contributed by atoms with Crippen molar-refractivity contribution in [3.8, 4) is 5.75 Å². The number of nitrogens with one attached hydrogen (secondary N) is 1. The highest BCUT2D eigenvalue weighted by Crippen LogP contribution is 2.18. The normalized spacial score (nSPS) is 11.9. The highest BCUT2D eigenvalue weighted by atomic mass is 16.5. The summed E-state index contributed by atoms with van der Waals surface area (Å²) in [6.07, 6.45) is -0.577. The van der Waals surface area contributed by atoms with Crippen molar-refractivity contribution >= 4 is 11.6 Å². The number of hydrogen-bond donors (Lipinski definition) is 3. The number of aliphatic hydroxyl groups excluding tert-OH is 1. The topological polar surface area (TPSA) is 84.6 Å². The Balaban J connectivity index is 2.78. The van der Waals surface area contributed by atoms with Crippen molar-refractivity contribution in [2.24, 2.45) is 0 Å². The number of rotatable bonds is 5. The average Bonchev–Trinajstić information content (AvgIpc) is 2.25. The molecule has 1 atom stereocenters. The van der Waals surface area contributed by atoms with Gasteiger partial charge in [-0.05, 0) is 26.0 Å². The summed E-state index contributed by atoms with van der Waals surface area (Å²) in [5, 5.41) is 11.7. The van der Waals surface area contributed by atoms with Gasteiger partial charge in [0.15, 0.2) is 0 Å². The lowest BCUT2D eigenvalue weighted by Gasteiger charge is -2.10. The number of nitrogen functional groups attached to an aromatic ring is 1. The molecule has 5 nitrogen and oxygen atoms in total. The van der Waals surface area contributed by atoms with Crippen LogP contribution in [0.4, 0.5) is 5.69 Å². The maximum Gasteiger partial charge on any atom is 0.251 e.